The number of aromatic nitrogens is 4. The molecule has 0 amide bonds. The average Bonchev–Trinajstić information content (AvgIpc) is 3.78. The number of para-hydroxylation sites is 1. The van der Waals surface area contributed by atoms with Crippen molar-refractivity contribution >= 4 is 60.8 Å². The van der Waals surface area contributed by atoms with E-state index in [0.717, 1.165) is 46.1 Å². The summed E-state index contributed by atoms with van der Waals surface area (Å²) in [6, 6.07) is 14.6. The van der Waals surface area contributed by atoms with Gasteiger partial charge in [0.05, 0.1) is 23.4 Å². The van der Waals surface area contributed by atoms with Crippen LogP contribution >= 0.6 is 22.7 Å². The number of likely N-dealkylation sites (tertiary alicyclic amines) is 1. The van der Waals surface area contributed by atoms with Crippen LogP contribution < -0.4 is 15.0 Å². The molecule has 0 saturated carbocycles. The molecule has 14 heteroatoms. The van der Waals surface area contributed by atoms with Crippen LogP contribution in [-0.2, 0) is 6.42 Å². The Labute approximate surface area is 330 Å². The van der Waals surface area contributed by atoms with Gasteiger partial charge in [-0.25, -0.2) is 19.2 Å². The van der Waals surface area contributed by atoms with Gasteiger partial charge < -0.3 is 25.0 Å². The number of carboxylic acids is 1. The third-order valence-electron chi connectivity index (χ3n) is 9.58. The molecule has 3 aromatic heterocycles. The lowest BCUT2D eigenvalue weighted by atomic mass is 9.91. The van der Waals surface area contributed by atoms with Crippen LogP contribution in [0.2, 0.25) is 0 Å². The van der Waals surface area contributed by atoms with Gasteiger partial charge in [-0.1, -0.05) is 54.6 Å². The fraction of sp³-hybridized carbons (Fsp3) is 0.439. The van der Waals surface area contributed by atoms with E-state index >= 15 is 0 Å². The van der Waals surface area contributed by atoms with Crippen molar-refractivity contribution in [3.8, 4) is 17.6 Å². The maximum Gasteiger partial charge on any atom is 0.355 e. The first kappa shape index (κ1) is 40.0. The summed E-state index contributed by atoms with van der Waals surface area (Å²) in [6.45, 7) is 5.72. The van der Waals surface area contributed by atoms with Crippen LogP contribution in [-0.4, -0.2) is 95.0 Å². The van der Waals surface area contributed by atoms with Crippen LogP contribution in [0.15, 0.2) is 48.5 Å². The third-order valence-corrected chi connectivity index (χ3v) is 11.7. The van der Waals surface area contributed by atoms with E-state index in [0.29, 0.717) is 53.1 Å². The average molecular weight is 785 g/mol. The number of nitrogens with zero attached hydrogens (tertiary/aromatic N) is 7. The van der Waals surface area contributed by atoms with E-state index in [1.54, 1.807) is 23.5 Å². The van der Waals surface area contributed by atoms with Crippen molar-refractivity contribution in [1.82, 2.24) is 30.0 Å². The number of anilines is 4. The Hall–Kier alpha value is -4.68. The lowest BCUT2D eigenvalue weighted by Gasteiger charge is -2.29. The van der Waals surface area contributed by atoms with Crippen LogP contribution in [0.1, 0.15) is 71.4 Å². The summed E-state index contributed by atoms with van der Waals surface area (Å²) in [5, 5.41) is 24.0. The topological polar surface area (TPSA) is 120 Å². The Morgan fingerprint density at radius 2 is 1.87 bits per heavy atom. The molecule has 1 aliphatic heterocycles. The fourth-order valence-electron chi connectivity index (χ4n) is 6.49. The van der Waals surface area contributed by atoms with Gasteiger partial charge >= 0.3 is 5.97 Å². The number of unbranched alkanes of at least 4 members (excludes halogenated alkanes) is 2. The zero-order chi connectivity index (χ0) is 38.7. The second-order valence-corrected chi connectivity index (χ2v) is 16.4. The summed E-state index contributed by atoms with van der Waals surface area (Å²) in [7, 11) is 6.04. The molecular formula is C41H49FN8O3S2. The van der Waals surface area contributed by atoms with E-state index in [9.17, 15) is 14.3 Å². The zero-order valence-electron chi connectivity index (χ0n) is 32.0. The van der Waals surface area contributed by atoms with Crippen molar-refractivity contribution in [1.29, 1.82) is 0 Å². The predicted molar refractivity (Wildman–Crippen MR) is 220 cm³/mol. The molecule has 290 valence electrons. The second kappa shape index (κ2) is 19.3. The quantitative estimate of drug-likeness (QED) is 0.0699. The zero-order valence-corrected chi connectivity index (χ0v) is 33.6. The van der Waals surface area contributed by atoms with Crippen LogP contribution in [0.5, 0.6) is 5.75 Å². The van der Waals surface area contributed by atoms with Crippen molar-refractivity contribution in [3.63, 3.8) is 0 Å². The number of carboxylic acid groups (broad SMARTS) is 1. The lowest BCUT2D eigenvalue weighted by Crippen LogP contribution is -2.30. The highest BCUT2D eigenvalue weighted by molar-refractivity contribution is 7.22. The normalized spacial score (nSPS) is 13.6. The Morgan fingerprint density at radius 3 is 2.62 bits per heavy atom. The number of aromatic carboxylic acids is 1. The number of hydrogen-bond acceptors (Lipinski definition) is 12. The van der Waals surface area contributed by atoms with E-state index in [2.05, 4.69) is 49.3 Å². The largest absolute Gasteiger partial charge is 0.491 e. The first-order valence-electron chi connectivity index (χ1n) is 18.8. The number of hydrogen-bond donors (Lipinski definition) is 2. The summed E-state index contributed by atoms with van der Waals surface area (Å²) in [6.07, 6.45) is 7.73. The Morgan fingerprint density at radius 1 is 1.05 bits per heavy atom. The molecule has 5 aromatic rings. The standard InChI is InChI=1S/C41H49FN8O3S2/c1-28-26-36(46-47-38(28)45-40-43-32-14-7-8-15-34(32)54-40)50(22-9-5-6-12-29-19-23-49(4)24-20-29)41-44-37(39(51)52)35(55-41)16-11-25-53-33-18-17-30(27-31(33)42)13-10-21-48(2)3/h7-8,14-15,17-18,26-27,29H,5-6,9,11-12,16,19-25H2,1-4H3,(H,51,52)(H,43,45,47). The summed E-state index contributed by atoms with van der Waals surface area (Å²) in [5.41, 5.74) is 2.39. The number of carbonyl (C=O) groups is 1. The van der Waals surface area contributed by atoms with Gasteiger partial charge in [0, 0.05) is 17.0 Å². The summed E-state index contributed by atoms with van der Waals surface area (Å²) in [4.78, 5) is 28.7. The second-order valence-electron chi connectivity index (χ2n) is 14.3. The number of thiazole rings is 2. The van der Waals surface area contributed by atoms with Crippen LogP contribution in [0, 0.1) is 30.5 Å². The SMILES string of the molecule is Cc1cc(N(CCCCCC2CCN(C)CC2)c2nc(C(=O)O)c(CCCOc3ccc(C#CCN(C)C)cc3F)s2)nnc1Nc1nc2ccccc2s1. The number of fused-ring (bicyclic) bond motifs is 1. The molecule has 0 spiro atoms. The molecule has 0 radical (unpaired) electrons. The number of nitrogens with one attached hydrogen (secondary N) is 1. The molecule has 0 bridgehead atoms. The molecule has 2 aromatic carbocycles. The van der Waals surface area contributed by atoms with Gasteiger partial charge in [0.15, 0.2) is 39.2 Å². The van der Waals surface area contributed by atoms with Gasteiger partial charge in [0.2, 0.25) is 0 Å². The number of halogens is 1. The predicted octanol–water partition coefficient (Wildman–Crippen LogP) is 8.40. The molecule has 55 heavy (non-hydrogen) atoms. The van der Waals surface area contributed by atoms with Gasteiger partial charge in [-0.3, -0.25) is 4.90 Å². The minimum atomic E-state index is -1.09. The van der Waals surface area contributed by atoms with Crippen LogP contribution in [0.4, 0.5) is 26.3 Å². The number of ether oxygens (including phenoxy) is 1. The third kappa shape index (κ3) is 11.2. The highest BCUT2D eigenvalue weighted by Crippen LogP contribution is 2.35. The fourth-order valence-corrected chi connectivity index (χ4v) is 8.49. The smallest absolute Gasteiger partial charge is 0.355 e. The van der Waals surface area contributed by atoms with Crippen molar-refractivity contribution in [2.75, 3.05) is 64.1 Å². The van der Waals surface area contributed by atoms with Crippen molar-refractivity contribution in [2.24, 2.45) is 5.92 Å². The molecule has 1 aliphatic rings. The van der Waals surface area contributed by atoms with E-state index in [-0.39, 0.29) is 18.1 Å². The summed E-state index contributed by atoms with van der Waals surface area (Å²) >= 11 is 2.89. The molecular weight excluding hydrogens is 736 g/mol. The first-order valence-corrected chi connectivity index (χ1v) is 20.5. The van der Waals surface area contributed by atoms with Gasteiger partial charge in [-0.15, -0.1) is 21.5 Å². The summed E-state index contributed by atoms with van der Waals surface area (Å²) < 4.78 is 21.6. The highest BCUT2D eigenvalue weighted by Gasteiger charge is 2.24. The number of piperidine rings is 1. The van der Waals surface area contributed by atoms with Gasteiger partial charge in [-0.05, 0) is 121 Å². The van der Waals surface area contributed by atoms with E-state index in [1.165, 1.54) is 49.8 Å². The monoisotopic (exact) mass is 784 g/mol. The number of aryl methyl sites for hydroxylation is 2. The molecule has 0 unspecified atom stereocenters. The van der Waals surface area contributed by atoms with Gasteiger partial charge in [-0.2, -0.15) is 0 Å². The summed E-state index contributed by atoms with van der Waals surface area (Å²) in [5.74, 6) is 6.51. The molecule has 4 heterocycles. The maximum absolute atomic E-state index is 14.8. The molecule has 0 atom stereocenters. The molecule has 6 rings (SSSR count). The van der Waals surface area contributed by atoms with Gasteiger partial charge in [0.1, 0.15) is 0 Å². The molecule has 1 fully saturated rings. The minimum Gasteiger partial charge on any atom is -0.491 e. The molecule has 11 nitrogen and oxygen atoms in total. The van der Waals surface area contributed by atoms with E-state index in [1.807, 2.05) is 61.2 Å². The Balaban J connectivity index is 1.14. The van der Waals surface area contributed by atoms with E-state index < -0.39 is 11.8 Å². The highest BCUT2D eigenvalue weighted by atomic mass is 32.1. The van der Waals surface area contributed by atoms with Crippen molar-refractivity contribution in [2.45, 2.75) is 58.3 Å². The van der Waals surface area contributed by atoms with Crippen LogP contribution in [0.25, 0.3) is 10.2 Å². The number of rotatable bonds is 17. The van der Waals surface area contributed by atoms with Crippen molar-refractivity contribution < 1.29 is 19.0 Å². The first-order chi connectivity index (χ1) is 26.6. The molecule has 1 saturated heterocycles. The van der Waals surface area contributed by atoms with Gasteiger partial charge in [0.25, 0.3) is 0 Å². The lowest BCUT2D eigenvalue weighted by molar-refractivity contribution is 0.0690. The number of benzene rings is 2. The van der Waals surface area contributed by atoms with Crippen molar-refractivity contribution in [3.05, 3.63) is 76.0 Å². The molecule has 0 aliphatic carbocycles. The Bertz CT molecular complexity index is 2090. The minimum absolute atomic E-state index is 0.0119. The van der Waals surface area contributed by atoms with E-state index in [4.69, 9.17) is 4.74 Å². The molecule has 2 N–H and O–H groups in total. The Kier molecular flexibility index (Phi) is 14.0. The maximum atomic E-state index is 14.8. The van der Waals surface area contributed by atoms with Crippen LogP contribution in [0.3, 0.4) is 0 Å².